The minimum Gasteiger partial charge on any atom is -0.261 e. The van der Waals surface area contributed by atoms with Crippen LogP contribution < -0.4 is 4.31 Å². The molecule has 1 aromatic rings. The summed E-state index contributed by atoms with van der Waals surface area (Å²) in [5, 5.41) is 0. The minimum atomic E-state index is -3.38. The summed E-state index contributed by atoms with van der Waals surface area (Å²) in [6, 6.07) is 7.35. The zero-order valence-corrected chi connectivity index (χ0v) is 10.2. The molecule has 1 rings (SSSR count). The molecular formula is C10H16N2O2S. The molecule has 0 radical (unpaired) electrons. The maximum absolute atomic E-state index is 11.8. The van der Waals surface area contributed by atoms with E-state index < -0.39 is 10.2 Å². The van der Waals surface area contributed by atoms with Crippen molar-refractivity contribution in [2.75, 3.05) is 25.4 Å². The Morgan fingerprint density at radius 1 is 1.00 bits per heavy atom. The Hall–Kier alpha value is -1.07. The van der Waals surface area contributed by atoms with E-state index in [4.69, 9.17) is 0 Å². The first-order chi connectivity index (χ1) is 6.85. The zero-order valence-electron chi connectivity index (χ0n) is 9.43. The zero-order chi connectivity index (χ0) is 11.6. The highest BCUT2D eigenvalue weighted by molar-refractivity contribution is 7.90. The van der Waals surface area contributed by atoms with Gasteiger partial charge in [0.2, 0.25) is 0 Å². The van der Waals surface area contributed by atoms with Crippen molar-refractivity contribution >= 4 is 15.9 Å². The summed E-state index contributed by atoms with van der Waals surface area (Å²) in [5.74, 6) is 0. The van der Waals surface area contributed by atoms with E-state index in [0.717, 1.165) is 5.56 Å². The number of aryl methyl sites for hydroxylation is 1. The number of rotatable bonds is 3. The maximum Gasteiger partial charge on any atom is 0.303 e. The van der Waals surface area contributed by atoms with Crippen molar-refractivity contribution in [3.05, 3.63) is 29.8 Å². The van der Waals surface area contributed by atoms with Crippen molar-refractivity contribution in [2.45, 2.75) is 6.92 Å². The average Bonchev–Trinajstić information content (AvgIpc) is 2.17. The first-order valence-corrected chi connectivity index (χ1v) is 5.98. The van der Waals surface area contributed by atoms with E-state index in [1.807, 2.05) is 19.1 Å². The third kappa shape index (κ3) is 2.49. The number of benzene rings is 1. The molecule has 0 saturated heterocycles. The maximum atomic E-state index is 11.8. The largest absolute Gasteiger partial charge is 0.303 e. The number of anilines is 1. The second kappa shape index (κ2) is 4.20. The van der Waals surface area contributed by atoms with Gasteiger partial charge in [-0.15, -0.1) is 0 Å². The van der Waals surface area contributed by atoms with Crippen LogP contribution in [0.5, 0.6) is 0 Å². The molecule has 0 aromatic heterocycles. The van der Waals surface area contributed by atoms with Crippen molar-refractivity contribution in [1.29, 1.82) is 0 Å². The predicted molar refractivity (Wildman–Crippen MR) is 62.2 cm³/mol. The smallest absolute Gasteiger partial charge is 0.261 e. The van der Waals surface area contributed by atoms with Crippen molar-refractivity contribution in [3.63, 3.8) is 0 Å². The molecule has 0 bridgehead atoms. The van der Waals surface area contributed by atoms with Crippen LogP contribution in [0.25, 0.3) is 0 Å². The molecule has 0 fully saturated rings. The molecule has 4 nitrogen and oxygen atoms in total. The molecular weight excluding hydrogens is 212 g/mol. The van der Waals surface area contributed by atoms with Crippen LogP contribution in [0.3, 0.4) is 0 Å². The molecule has 0 amide bonds. The Bertz CT molecular complexity index is 423. The Labute approximate surface area is 91.3 Å². The van der Waals surface area contributed by atoms with Crippen molar-refractivity contribution in [3.8, 4) is 0 Å². The van der Waals surface area contributed by atoms with E-state index >= 15 is 0 Å². The molecule has 0 atom stereocenters. The fourth-order valence-corrected chi connectivity index (χ4v) is 2.01. The molecule has 0 N–H and O–H groups in total. The van der Waals surface area contributed by atoms with E-state index in [2.05, 4.69) is 0 Å². The highest BCUT2D eigenvalue weighted by Gasteiger charge is 2.20. The summed E-state index contributed by atoms with van der Waals surface area (Å²) in [5.41, 5.74) is 1.77. The van der Waals surface area contributed by atoms with E-state index in [9.17, 15) is 8.42 Å². The van der Waals surface area contributed by atoms with Gasteiger partial charge in [0.15, 0.2) is 0 Å². The van der Waals surface area contributed by atoms with Crippen LogP contribution in [0.4, 0.5) is 5.69 Å². The normalized spacial score (nSPS) is 11.8. The summed E-state index contributed by atoms with van der Waals surface area (Å²) >= 11 is 0. The lowest BCUT2D eigenvalue weighted by atomic mass is 10.2. The fraction of sp³-hybridized carbons (Fsp3) is 0.400. The molecule has 0 heterocycles. The molecule has 0 aliphatic heterocycles. The Morgan fingerprint density at radius 2 is 1.47 bits per heavy atom. The van der Waals surface area contributed by atoms with Gasteiger partial charge in [0.1, 0.15) is 0 Å². The van der Waals surface area contributed by atoms with E-state index in [0.29, 0.717) is 5.69 Å². The van der Waals surface area contributed by atoms with Crippen LogP contribution in [-0.4, -0.2) is 33.9 Å². The predicted octanol–water partition coefficient (Wildman–Crippen LogP) is 1.24. The van der Waals surface area contributed by atoms with E-state index in [-0.39, 0.29) is 0 Å². The highest BCUT2D eigenvalue weighted by Crippen LogP contribution is 2.17. The van der Waals surface area contributed by atoms with E-state index in [1.165, 1.54) is 22.7 Å². The van der Waals surface area contributed by atoms with Gasteiger partial charge in [-0.25, -0.2) is 0 Å². The topological polar surface area (TPSA) is 40.6 Å². The summed E-state index contributed by atoms with van der Waals surface area (Å²) in [4.78, 5) is 0. The summed E-state index contributed by atoms with van der Waals surface area (Å²) < 4.78 is 26.0. The Balaban J connectivity index is 3.05. The van der Waals surface area contributed by atoms with Crippen molar-refractivity contribution in [2.24, 2.45) is 0 Å². The molecule has 15 heavy (non-hydrogen) atoms. The SMILES string of the molecule is Cc1ccc(N(C)S(=O)(=O)N(C)C)cc1. The van der Waals surface area contributed by atoms with Gasteiger partial charge >= 0.3 is 10.2 Å². The number of hydrogen-bond donors (Lipinski definition) is 0. The molecule has 84 valence electrons. The average molecular weight is 228 g/mol. The van der Waals surface area contributed by atoms with Gasteiger partial charge < -0.3 is 0 Å². The van der Waals surface area contributed by atoms with Crippen LogP contribution in [0.2, 0.25) is 0 Å². The summed E-state index contributed by atoms with van der Waals surface area (Å²) in [6.45, 7) is 1.96. The fourth-order valence-electron chi connectivity index (χ4n) is 1.13. The van der Waals surface area contributed by atoms with Gasteiger partial charge in [-0.3, -0.25) is 4.31 Å². The number of hydrogen-bond acceptors (Lipinski definition) is 2. The van der Waals surface area contributed by atoms with Crippen LogP contribution in [0.1, 0.15) is 5.56 Å². The van der Waals surface area contributed by atoms with Gasteiger partial charge in [-0.2, -0.15) is 12.7 Å². The third-order valence-corrected chi connectivity index (χ3v) is 4.03. The van der Waals surface area contributed by atoms with Gasteiger partial charge in [0, 0.05) is 21.1 Å². The lowest BCUT2D eigenvalue weighted by Crippen LogP contribution is -2.37. The molecule has 0 aliphatic rings. The lowest BCUT2D eigenvalue weighted by molar-refractivity contribution is 0.519. The Morgan fingerprint density at radius 3 is 1.87 bits per heavy atom. The van der Waals surface area contributed by atoms with Crippen molar-refractivity contribution in [1.82, 2.24) is 4.31 Å². The van der Waals surface area contributed by atoms with Crippen molar-refractivity contribution < 1.29 is 8.42 Å². The van der Waals surface area contributed by atoms with Crippen LogP contribution in [-0.2, 0) is 10.2 Å². The summed E-state index contributed by atoms with van der Waals surface area (Å²) in [6.07, 6.45) is 0. The van der Waals surface area contributed by atoms with Crippen LogP contribution >= 0.6 is 0 Å². The highest BCUT2D eigenvalue weighted by atomic mass is 32.2. The lowest BCUT2D eigenvalue weighted by Gasteiger charge is -2.23. The van der Waals surface area contributed by atoms with Crippen LogP contribution in [0, 0.1) is 6.92 Å². The minimum absolute atomic E-state index is 0.661. The van der Waals surface area contributed by atoms with Gasteiger partial charge in [-0.1, -0.05) is 17.7 Å². The second-order valence-electron chi connectivity index (χ2n) is 3.59. The Kier molecular flexibility index (Phi) is 3.36. The van der Waals surface area contributed by atoms with Crippen LogP contribution in [0.15, 0.2) is 24.3 Å². The number of nitrogens with zero attached hydrogens (tertiary/aromatic N) is 2. The molecule has 0 spiro atoms. The molecule has 5 heteroatoms. The molecule has 0 unspecified atom stereocenters. The molecule has 0 aliphatic carbocycles. The van der Waals surface area contributed by atoms with E-state index in [1.54, 1.807) is 19.2 Å². The standard InChI is InChI=1S/C10H16N2O2S/c1-9-5-7-10(8-6-9)12(4)15(13,14)11(2)3/h5-8H,1-4H3. The monoisotopic (exact) mass is 228 g/mol. The van der Waals surface area contributed by atoms with Gasteiger partial charge in [0.05, 0.1) is 5.69 Å². The van der Waals surface area contributed by atoms with Gasteiger partial charge in [-0.05, 0) is 19.1 Å². The first kappa shape index (κ1) is 12.0. The quantitative estimate of drug-likeness (QED) is 0.781. The molecule has 1 aromatic carbocycles. The third-order valence-electron chi connectivity index (χ3n) is 2.21. The second-order valence-corrected chi connectivity index (χ2v) is 5.77. The van der Waals surface area contributed by atoms with Gasteiger partial charge in [0.25, 0.3) is 0 Å². The summed E-state index contributed by atoms with van der Waals surface area (Å²) in [7, 11) is 1.19. The molecule has 0 saturated carbocycles. The first-order valence-electron chi connectivity index (χ1n) is 4.59.